The first-order valence-electron chi connectivity index (χ1n) is 22.7. The number of Topliss-reactive ketones (excluding diaryl/α,β-unsaturated/α-hetero) is 1. The molecule has 2 aliphatic heterocycles. The lowest BCUT2D eigenvalue weighted by molar-refractivity contribution is -0.141. The first kappa shape index (κ1) is 65.0. The van der Waals surface area contributed by atoms with E-state index in [-0.39, 0.29) is 38.1 Å². The molecule has 0 aromatic rings. The molecule has 384 valence electrons. The molecule has 67 heavy (non-hydrogen) atoms. The number of primary amides is 1. The van der Waals surface area contributed by atoms with Crippen LogP contribution in [0.3, 0.4) is 0 Å². The number of aliphatic carboxylic acids is 1. The molecule has 4 atom stereocenters. The topological polar surface area (TPSA) is 389 Å². The molecule has 2 fully saturated rings. The number of nitrogens with two attached hydrogens (primary N) is 2. The fourth-order valence-electron chi connectivity index (χ4n) is 5.26. The number of unbranched alkanes of at least 4 members (excludes halogenated alkanes) is 1. The van der Waals surface area contributed by atoms with E-state index in [1.165, 1.54) is 37.5 Å². The van der Waals surface area contributed by atoms with E-state index in [1.54, 1.807) is 0 Å². The number of nitrogens with one attached hydrogen (secondary N) is 9. The van der Waals surface area contributed by atoms with Crippen molar-refractivity contribution in [1.82, 2.24) is 52.8 Å². The zero-order valence-electron chi connectivity index (χ0n) is 40.5. The summed E-state index contributed by atoms with van der Waals surface area (Å²) in [5.41, 5.74) is 10.3. The van der Waals surface area contributed by atoms with Gasteiger partial charge < -0.3 is 64.0 Å². The molecule has 0 aromatic carbocycles. The lowest BCUT2D eigenvalue weighted by Gasteiger charge is -2.24. The van der Waals surface area contributed by atoms with Gasteiger partial charge >= 0.3 is 5.97 Å². The Morgan fingerprint density at radius 3 is 1.72 bits per heavy atom. The van der Waals surface area contributed by atoms with E-state index in [2.05, 4.69) is 82.5 Å². The number of rotatable bonds is 23. The summed E-state index contributed by atoms with van der Waals surface area (Å²) in [6, 6.07) is -4.14. The highest BCUT2D eigenvalue weighted by Crippen LogP contribution is 2.17. The van der Waals surface area contributed by atoms with E-state index in [4.69, 9.17) is 16.6 Å². The third-order valence-corrected chi connectivity index (χ3v) is 8.40. The first-order valence-corrected chi connectivity index (χ1v) is 22.7. The molecule has 25 heteroatoms. The van der Waals surface area contributed by atoms with E-state index >= 15 is 0 Å². The lowest BCUT2D eigenvalue weighted by Crippen LogP contribution is -2.53. The number of ketones is 1. The molecule has 0 saturated carbocycles. The summed E-state index contributed by atoms with van der Waals surface area (Å²) in [7, 11) is 0. The zero-order chi connectivity index (χ0) is 51.9. The smallest absolute Gasteiger partial charge is 0.322 e. The normalized spacial score (nSPS) is 15.1. The summed E-state index contributed by atoms with van der Waals surface area (Å²) in [5.74, 6) is -8.88. The second-order valence-electron chi connectivity index (χ2n) is 14.7. The van der Waals surface area contributed by atoms with Crippen molar-refractivity contribution in [1.29, 1.82) is 0 Å². The van der Waals surface area contributed by atoms with Crippen molar-refractivity contribution in [2.24, 2.45) is 11.5 Å². The largest absolute Gasteiger partial charge is 0.480 e. The van der Waals surface area contributed by atoms with Crippen LogP contribution in [0.15, 0.2) is 0 Å². The van der Waals surface area contributed by atoms with Crippen molar-refractivity contribution in [2.75, 3.05) is 58.9 Å². The Morgan fingerprint density at radius 1 is 0.716 bits per heavy atom. The quantitative estimate of drug-likeness (QED) is 0.0474. The molecule has 0 spiro atoms. The van der Waals surface area contributed by atoms with Gasteiger partial charge in [-0.1, -0.05) is 67.7 Å². The average molecular weight is 959 g/mol. The van der Waals surface area contributed by atoms with Gasteiger partial charge in [0.05, 0.1) is 45.3 Å². The molecule has 0 aromatic heterocycles. The van der Waals surface area contributed by atoms with Crippen LogP contribution in [0.1, 0.15) is 113 Å². The predicted molar refractivity (Wildman–Crippen MR) is 247 cm³/mol. The maximum atomic E-state index is 12.6. The molecule has 14 N–H and O–H groups in total. The Kier molecular flexibility index (Phi) is 38.9. The standard InChI is InChI=1S/C30H45N11O13.C4H11N.2C3H8.C2H6/c1-15(27(51)37-13-25(48)41-6-2-3-19(41)30(54)38-14-26(49)50)39-23(46)11-34-21(44)9-33-22(45)10-35-28(52)17(4-5-20(31)43)40-24(47)12-36-29(53)18-7-16(42)8-32-18;1-2-3-4-5;2*1-3-2;1-2/h15,17-19,32H,2-14H2,1H3,(H2,31,43)(H,33,45)(H,34,44)(H,35,52)(H,36,53)(H,37,51)(H,38,54)(H,39,46)(H,40,47)(H,49,50);2-5H2,1H3;2*3H2,1-2H3;1-2H3. The van der Waals surface area contributed by atoms with Gasteiger partial charge in [0, 0.05) is 19.4 Å². The van der Waals surface area contributed by atoms with Crippen molar-refractivity contribution in [3.05, 3.63) is 0 Å². The van der Waals surface area contributed by atoms with Crippen LogP contribution in [0.2, 0.25) is 0 Å². The van der Waals surface area contributed by atoms with E-state index < -0.39 is 128 Å². The van der Waals surface area contributed by atoms with Crippen LogP contribution in [0.4, 0.5) is 0 Å². The molecule has 2 aliphatic rings. The van der Waals surface area contributed by atoms with E-state index in [0.717, 1.165) is 6.54 Å². The van der Waals surface area contributed by atoms with Gasteiger partial charge in [-0.15, -0.1) is 0 Å². The van der Waals surface area contributed by atoms with Gasteiger partial charge in [-0.05, 0) is 39.2 Å². The lowest BCUT2D eigenvalue weighted by atomic mass is 10.1. The number of nitrogens with zero attached hydrogens (tertiary/aromatic N) is 1. The average Bonchev–Trinajstić information content (AvgIpc) is 3.97. The summed E-state index contributed by atoms with van der Waals surface area (Å²) in [6.07, 6.45) is 5.13. The molecule has 0 aliphatic carbocycles. The molecule has 4 unspecified atom stereocenters. The summed E-state index contributed by atoms with van der Waals surface area (Å²) in [6.45, 7) is 13.5. The maximum absolute atomic E-state index is 12.6. The summed E-state index contributed by atoms with van der Waals surface area (Å²) in [4.78, 5) is 145. The fraction of sp³-hybridized carbons (Fsp3) is 0.714. The van der Waals surface area contributed by atoms with Crippen LogP contribution in [-0.2, 0) is 57.5 Å². The van der Waals surface area contributed by atoms with E-state index in [0.29, 0.717) is 12.8 Å². The number of carbonyl (C=O) groups excluding carboxylic acids is 11. The molecule has 2 heterocycles. The van der Waals surface area contributed by atoms with E-state index in [1.807, 2.05) is 13.8 Å². The Morgan fingerprint density at radius 2 is 1.22 bits per heavy atom. The van der Waals surface area contributed by atoms with Crippen LogP contribution < -0.4 is 59.3 Å². The van der Waals surface area contributed by atoms with Gasteiger partial charge in [0.15, 0.2) is 0 Å². The highest BCUT2D eigenvalue weighted by atomic mass is 16.4. The van der Waals surface area contributed by atoms with Crippen molar-refractivity contribution in [3.63, 3.8) is 0 Å². The summed E-state index contributed by atoms with van der Waals surface area (Å²) in [5, 5.41) is 29.5. The number of hydrogen-bond donors (Lipinski definition) is 12. The van der Waals surface area contributed by atoms with Gasteiger partial charge in [0.25, 0.3) is 0 Å². The van der Waals surface area contributed by atoms with Crippen molar-refractivity contribution in [3.8, 4) is 0 Å². The number of likely N-dealkylation sites (tertiary alicyclic amines) is 1. The third kappa shape index (κ3) is 33.0. The highest BCUT2D eigenvalue weighted by molar-refractivity contribution is 5.97. The van der Waals surface area contributed by atoms with Crippen molar-refractivity contribution in [2.45, 2.75) is 137 Å². The second-order valence-corrected chi connectivity index (χ2v) is 14.7. The Labute approximate surface area is 393 Å². The number of hydrogen-bond acceptors (Lipinski definition) is 14. The molecular formula is C42H78N12O13. The minimum atomic E-state index is -1.32. The Balaban J connectivity index is -0.00000280. The molecule has 0 radical (unpaired) electrons. The third-order valence-electron chi connectivity index (χ3n) is 8.40. The molecular weight excluding hydrogens is 881 g/mol. The Hall–Kier alpha value is -6.24. The number of carbonyl (C=O) groups is 12. The van der Waals surface area contributed by atoms with Crippen molar-refractivity contribution >= 4 is 70.8 Å². The van der Waals surface area contributed by atoms with Crippen LogP contribution in [0.5, 0.6) is 0 Å². The van der Waals surface area contributed by atoms with Crippen molar-refractivity contribution < 1.29 is 62.6 Å². The minimum absolute atomic E-state index is 0.0245. The number of carboxylic acids is 1. The maximum Gasteiger partial charge on any atom is 0.322 e. The van der Waals surface area contributed by atoms with E-state index in [9.17, 15) is 57.5 Å². The van der Waals surface area contributed by atoms with Gasteiger partial charge in [0.1, 0.15) is 30.5 Å². The monoisotopic (exact) mass is 959 g/mol. The van der Waals surface area contributed by atoms with Crippen LogP contribution >= 0.6 is 0 Å². The van der Waals surface area contributed by atoms with Gasteiger partial charge in [0.2, 0.25) is 59.1 Å². The SMILES string of the molecule is CC.CC(NC(=O)CNC(=O)CNC(=O)CNC(=O)C(CCC(N)=O)NC(=O)CNC(=O)C1CC(=O)CN1)C(=O)NCC(=O)N1CCCC1C(=O)NCC(=O)O.CCC.CCC.CCCCN. The number of amides is 10. The minimum Gasteiger partial charge on any atom is -0.480 e. The van der Waals surface area contributed by atoms with Gasteiger partial charge in [-0.2, -0.15) is 0 Å². The molecule has 0 bridgehead atoms. The molecule has 10 amide bonds. The first-order chi connectivity index (χ1) is 31.7. The summed E-state index contributed by atoms with van der Waals surface area (Å²) < 4.78 is 0. The predicted octanol–water partition coefficient (Wildman–Crippen LogP) is -3.45. The zero-order valence-corrected chi connectivity index (χ0v) is 40.5. The summed E-state index contributed by atoms with van der Waals surface area (Å²) >= 11 is 0. The van der Waals surface area contributed by atoms with Gasteiger partial charge in [-0.3, -0.25) is 62.9 Å². The van der Waals surface area contributed by atoms with Crippen LogP contribution in [0.25, 0.3) is 0 Å². The molecule has 25 nitrogen and oxygen atoms in total. The molecule has 2 rings (SSSR count). The molecule has 2 saturated heterocycles. The fourth-order valence-corrected chi connectivity index (χ4v) is 5.26. The Bertz CT molecular complexity index is 1590. The van der Waals surface area contributed by atoms with Crippen LogP contribution in [0, 0.1) is 0 Å². The second kappa shape index (κ2) is 40.1. The van der Waals surface area contributed by atoms with Crippen LogP contribution in [-0.4, -0.2) is 164 Å². The van der Waals surface area contributed by atoms with Gasteiger partial charge in [-0.25, -0.2) is 0 Å². The highest BCUT2D eigenvalue weighted by Gasteiger charge is 2.34. The number of carboxylic acid groups (broad SMARTS) is 1.